The van der Waals surface area contributed by atoms with Crippen LogP contribution in [-0.4, -0.2) is 32.6 Å². The summed E-state index contributed by atoms with van der Waals surface area (Å²) in [5.74, 6) is 0.889. The van der Waals surface area contributed by atoms with Crippen LogP contribution >= 0.6 is 11.6 Å². The van der Waals surface area contributed by atoms with Crippen LogP contribution < -0.4 is 19.7 Å². The fourth-order valence-electron chi connectivity index (χ4n) is 3.10. The van der Waals surface area contributed by atoms with Gasteiger partial charge in [0, 0.05) is 30.3 Å². The smallest absolute Gasteiger partial charge is 0.248 e. The number of rotatable bonds is 6. The van der Waals surface area contributed by atoms with Crippen LogP contribution in [0.3, 0.4) is 0 Å². The highest BCUT2D eigenvalue weighted by atomic mass is 35.5. The fourth-order valence-corrected chi connectivity index (χ4v) is 3.38. The Morgan fingerprint density at radius 3 is 2.68 bits per heavy atom. The number of carbonyl (C=O) groups is 2. The zero-order chi connectivity index (χ0) is 20.1. The molecular weight excluding hydrogens is 380 g/mol. The van der Waals surface area contributed by atoms with E-state index in [9.17, 15) is 9.59 Å². The molecule has 0 aliphatic carbocycles. The van der Waals surface area contributed by atoms with Gasteiger partial charge in [0.1, 0.15) is 0 Å². The van der Waals surface area contributed by atoms with Crippen molar-refractivity contribution in [3.05, 3.63) is 53.1 Å². The molecule has 0 bridgehead atoms. The van der Waals surface area contributed by atoms with Crippen molar-refractivity contribution < 1.29 is 19.1 Å². The Morgan fingerprint density at radius 2 is 2.04 bits per heavy atom. The lowest BCUT2D eigenvalue weighted by atomic mass is 10.1. The standard InChI is InChI=1S/C21H21ClN2O4/c1-27-18-6-3-5-14(21(18)28-2)8-11-19(25)23-15-9-10-17(16(22)13-15)24-12-4-7-20(24)26/h3,5-6,8-11,13H,4,7,12H2,1-2H3,(H,23,25). The maximum atomic E-state index is 12.3. The Bertz CT molecular complexity index is 927. The molecule has 0 aromatic heterocycles. The number of anilines is 2. The number of ether oxygens (including phenoxy) is 2. The van der Waals surface area contributed by atoms with Gasteiger partial charge in [0.25, 0.3) is 0 Å². The van der Waals surface area contributed by atoms with E-state index in [0.717, 1.165) is 12.0 Å². The molecule has 28 heavy (non-hydrogen) atoms. The second-order valence-corrected chi connectivity index (χ2v) is 6.63. The molecule has 3 rings (SSSR count). The number of amides is 2. The van der Waals surface area contributed by atoms with E-state index >= 15 is 0 Å². The average molecular weight is 401 g/mol. The number of carbonyl (C=O) groups excluding carboxylic acids is 2. The van der Waals surface area contributed by atoms with Gasteiger partial charge < -0.3 is 19.7 Å². The Balaban J connectivity index is 1.71. The number of methoxy groups -OCH3 is 2. The lowest BCUT2D eigenvalue weighted by molar-refractivity contribution is -0.117. The number of para-hydroxylation sites is 1. The van der Waals surface area contributed by atoms with E-state index in [4.69, 9.17) is 21.1 Å². The van der Waals surface area contributed by atoms with Gasteiger partial charge in [0.05, 0.1) is 24.9 Å². The minimum Gasteiger partial charge on any atom is -0.493 e. The molecule has 0 radical (unpaired) electrons. The minimum atomic E-state index is -0.314. The highest BCUT2D eigenvalue weighted by Crippen LogP contribution is 2.32. The van der Waals surface area contributed by atoms with E-state index in [2.05, 4.69) is 5.32 Å². The summed E-state index contributed by atoms with van der Waals surface area (Å²) < 4.78 is 10.6. The van der Waals surface area contributed by atoms with Crippen LogP contribution in [0.5, 0.6) is 11.5 Å². The predicted octanol–water partition coefficient (Wildman–Crippen LogP) is 4.14. The largest absolute Gasteiger partial charge is 0.493 e. The molecule has 1 fully saturated rings. The van der Waals surface area contributed by atoms with Gasteiger partial charge in [-0.05, 0) is 36.8 Å². The number of nitrogens with zero attached hydrogens (tertiary/aromatic N) is 1. The Labute approximate surface area is 168 Å². The molecule has 2 amide bonds. The number of hydrogen-bond donors (Lipinski definition) is 1. The topological polar surface area (TPSA) is 67.9 Å². The quantitative estimate of drug-likeness (QED) is 0.740. The van der Waals surface area contributed by atoms with Crippen LogP contribution in [0, 0.1) is 0 Å². The highest BCUT2D eigenvalue weighted by molar-refractivity contribution is 6.34. The third-order valence-electron chi connectivity index (χ3n) is 4.43. The number of hydrogen-bond acceptors (Lipinski definition) is 4. The van der Waals surface area contributed by atoms with E-state index in [1.807, 2.05) is 12.1 Å². The Hall–Kier alpha value is -2.99. The molecular formula is C21H21ClN2O4. The number of nitrogens with one attached hydrogen (secondary N) is 1. The van der Waals surface area contributed by atoms with Gasteiger partial charge in [-0.2, -0.15) is 0 Å². The second-order valence-electron chi connectivity index (χ2n) is 6.22. The van der Waals surface area contributed by atoms with Gasteiger partial charge in [-0.1, -0.05) is 23.7 Å². The van der Waals surface area contributed by atoms with Crippen LogP contribution in [0.4, 0.5) is 11.4 Å². The van der Waals surface area contributed by atoms with Crippen molar-refractivity contribution in [3.8, 4) is 11.5 Å². The van der Waals surface area contributed by atoms with Crippen molar-refractivity contribution in [2.75, 3.05) is 31.0 Å². The van der Waals surface area contributed by atoms with E-state index in [-0.39, 0.29) is 11.8 Å². The number of halogens is 1. The molecule has 146 valence electrons. The molecule has 0 spiro atoms. The van der Waals surface area contributed by atoms with Crippen molar-refractivity contribution >= 4 is 40.9 Å². The van der Waals surface area contributed by atoms with Gasteiger partial charge in [0.15, 0.2) is 11.5 Å². The molecule has 0 saturated carbocycles. The Kier molecular flexibility index (Phi) is 6.21. The minimum absolute atomic E-state index is 0.0638. The van der Waals surface area contributed by atoms with E-state index in [1.54, 1.807) is 49.5 Å². The third kappa shape index (κ3) is 4.28. The summed E-state index contributed by atoms with van der Waals surface area (Å²) in [5, 5.41) is 3.19. The molecule has 1 N–H and O–H groups in total. The van der Waals surface area contributed by atoms with Crippen molar-refractivity contribution in [1.29, 1.82) is 0 Å². The van der Waals surface area contributed by atoms with Crippen molar-refractivity contribution in [1.82, 2.24) is 0 Å². The molecule has 2 aromatic carbocycles. The second kappa shape index (κ2) is 8.80. The monoisotopic (exact) mass is 400 g/mol. The molecule has 7 heteroatoms. The van der Waals surface area contributed by atoms with Crippen LogP contribution in [0.15, 0.2) is 42.5 Å². The summed E-state index contributed by atoms with van der Waals surface area (Å²) in [7, 11) is 3.10. The summed E-state index contributed by atoms with van der Waals surface area (Å²) in [6, 6.07) is 10.5. The van der Waals surface area contributed by atoms with E-state index in [0.29, 0.717) is 40.9 Å². The normalized spacial score (nSPS) is 13.8. The summed E-state index contributed by atoms with van der Waals surface area (Å²) in [4.78, 5) is 25.8. The molecule has 2 aromatic rings. The van der Waals surface area contributed by atoms with Crippen LogP contribution in [0.25, 0.3) is 6.08 Å². The maximum Gasteiger partial charge on any atom is 0.248 e. The molecule has 0 unspecified atom stereocenters. The van der Waals surface area contributed by atoms with Gasteiger partial charge in [-0.3, -0.25) is 9.59 Å². The van der Waals surface area contributed by atoms with Gasteiger partial charge in [-0.15, -0.1) is 0 Å². The summed E-state index contributed by atoms with van der Waals surface area (Å²) in [6.07, 6.45) is 4.41. The third-order valence-corrected chi connectivity index (χ3v) is 4.73. The zero-order valence-corrected chi connectivity index (χ0v) is 16.5. The molecule has 1 aliphatic heterocycles. The number of benzene rings is 2. The first kappa shape index (κ1) is 19.8. The van der Waals surface area contributed by atoms with Gasteiger partial charge in [-0.25, -0.2) is 0 Å². The summed E-state index contributed by atoms with van der Waals surface area (Å²) >= 11 is 6.31. The van der Waals surface area contributed by atoms with Gasteiger partial charge in [0.2, 0.25) is 11.8 Å². The first-order chi connectivity index (χ1) is 13.5. The van der Waals surface area contributed by atoms with Crippen LogP contribution in [0.1, 0.15) is 18.4 Å². The first-order valence-electron chi connectivity index (χ1n) is 8.83. The SMILES string of the molecule is COc1cccc(C=CC(=O)Nc2ccc(N3CCCC3=O)c(Cl)c2)c1OC. The highest BCUT2D eigenvalue weighted by Gasteiger charge is 2.23. The Morgan fingerprint density at radius 1 is 1.21 bits per heavy atom. The maximum absolute atomic E-state index is 12.3. The first-order valence-corrected chi connectivity index (χ1v) is 9.21. The van der Waals surface area contributed by atoms with Crippen molar-refractivity contribution in [2.45, 2.75) is 12.8 Å². The molecule has 1 aliphatic rings. The van der Waals surface area contributed by atoms with Crippen LogP contribution in [0.2, 0.25) is 5.02 Å². The average Bonchev–Trinajstić information content (AvgIpc) is 3.11. The molecule has 1 saturated heterocycles. The molecule has 0 atom stereocenters. The molecule has 1 heterocycles. The van der Waals surface area contributed by atoms with E-state index in [1.165, 1.54) is 6.08 Å². The van der Waals surface area contributed by atoms with Crippen molar-refractivity contribution in [3.63, 3.8) is 0 Å². The van der Waals surface area contributed by atoms with Crippen LogP contribution in [-0.2, 0) is 9.59 Å². The molecule has 6 nitrogen and oxygen atoms in total. The summed E-state index contributed by atoms with van der Waals surface area (Å²) in [5.41, 5.74) is 1.93. The lowest BCUT2D eigenvalue weighted by Gasteiger charge is -2.17. The fraction of sp³-hybridized carbons (Fsp3) is 0.238. The van der Waals surface area contributed by atoms with Crippen molar-refractivity contribution in [2.24, 2.45) is 0 Å². The van der Waals surface area contributed by atoms with E-state index < -0.39 is 0 Å². The van der Waals surface area contributed by atoms with Gasteiger partial charge >= 0.3 is 0 Å². The zero-order valence-electron chi connectivity index (χ0n) is 15.7. The lowest BCUT2D eigenvalue weighted by Crippen LogP contribution is -2.24. The predicted molar refractivity (Wildman–Crippen MR) is 110 cm³/mol. The summed E-state index contributed by atoms with van der Waals surface area (Å²) in [6.45, 7) is 0.662.